The van der Waals surface area contributed by atoms with E-state index in [0.29, 0.717) is 6.42 Å². The second-order valence-corrected chi connectivity index (χ2v) is 7.19. The van der Waals surface area contributed by atoms with Crippen molar-refractivity contribution in [3.8, 4) is 0 Å². The summed E-state index contributed by atoms with van der Waals surface area (Å²) in [4.78, 5) is 13.7. The predicted octanol–water partition coefficient (Wildman–Crippen LogP) is 4.25. The SMILES string of the molecule is O=C1CCCN1c1ccc(CNC2(c3ccc(Cl)cc3)CC2)cc1. The largest absolute Gasteiger partial charge is 0.312 e. The van der Waals surface area contributed by atoms with Crippen LogP contribution in [0, 0.1) is 0 Å². The molecule has 0 radical (unpaired) electrons. The van der Waals surface area contributed by atoms with E-state index >= 15 is 0 Å². The smallest absolute Gasteiger partial charge is 0.227 e. The van der Waals surface area contributed by atoms with E-state index in [1.54, 1.807) is 0 Å². The first kappa shape index (κ1) is 15.7. The third kappa shape index (κ3) is 3.06. The van der Waals surface area contributed by atoms with E-state index in [1.165, 1.54) is 11.1 Å². The molecule has 2 aliphatic rings. The molecule has 0 atom stereocenters. The maximum absolute atomic E-state index is 11.8. The molecule has 0 spiro atoms. The monoisotopic (exact) mass is 340 g/mol. The molecule has 1 aliphatic heterocycles. The molecule has 2 fully saturated rings. The minimum atomic E-state index is 0.105. The number of benzene rings is 2. The highest BCUT2D eigenvalue weighted by molar-refractivity contribution is 6.30. The quantitative estimate of drug-likeness (QED) is 0.882. The minimum Gasteiger partial charge on any atom is -0.312 e. The maximum atomic E-state index is 11.8. The van der Waals surface area contributed by atoms with E-state index < -0.39 is 0 Å². The molecule has 1 saturated carbocycles. The number of halogens is 1. The maximum Gasteiger partial charge on any atom is 0.227 e. The lowest BCUT2D eigenvalue weighted by Crippen LogP contribution is -2.28. The van der Waals surface area contributed by atoms with Crippen molar-refractivity contribution in [3.63, 3.8) is 0 Å². The topological polar surface area (TPSA) is 32.3 Å². The Hall–Kier alpha value is -1.84. The molecule has 24 heavy (non-hydrogen) atoms. The third-order valence-corrected chi connectivity index (χ3v) is 5.35. The van der Waals surface area contributed by atoms with Crippen molar-refractivity contribution in [3.05, 3.63) is 64.7 Å². The zero-order chi connectivity index (χ0) is 16.6. The molecule has 0 unspecified atom stereocenters. The number of nitrogens with one attached hydrogen (secondary N) is 1. The minimum absolute atomic E-state index is 0.105. The Kier molecular flexibility index (Phi) is 4.07. The Bertz CT molecular complexity index is 735. The average molecular weight is 341 g/mol. The molecule has 4 heteroatoms. The number of hydrogen-bond acceptors (Lipinski definition) is 2. The van der Waals surface area contributed by atoms with Crippen LogP contribution < -0.4 is 10.2 Å². The van der Waals surface area contributed by atoms with Gasteiger partial charge in [0, 0.05) is 35.8 Å². The van der Waals surface area contributed by atoms with Crippen LogP contribution in [-0.2, 0) is 16.9 Å². The van der Waals surface area contributed by atoms with Crippen LogP contribution >= 0.6 is 11.6 Å². The lowest BCUT2D eigenvalue weighted by atomic mass is 10.0. The second-order valence-electron chi connectivity index (χ2n) is 6.76. The van der Waals surface area contributed by atoms with Crippen molar-refractivity contribution in [1.29, 1.82) is 0 Å². The van der Waals surface area contributed by atoms with Gasteiger partial charge in [-0.1, -0.05) is 35.9 Å². The number of nitrogens with zero attached hydrogens (tertiary/aromatic N) is 1. The standard InChI is InChI=1S/C20H21ClN2O/c21-17-7-5-16(6-8-17)20(11-12-20)22-14-15-3-9-18(10-4-15)23-13-1-2-19(23)24/h3-10,22H,1-2,11-14H2. The number of carbonyl (C=O) groups is 1. The molecule has 2 aromatic rings. The van der Waals surface area contributed by atoms with E-state index in [1.807, 2.05) is 17.0 Å². The van der Waals surface area contributed by atoms with Crippen molar-refractivity contribution >= 4 is 23.2 Å². The summed E-state index contributed by atoms with van der Waals surface area (Å²) >= 11 is 5.99. The van der Waals surface area contributed by atoms with Gasteiger partial charge < -0.3 is 10.2 Å². The van der Waals surface area contributed by atoms with Gasteiger partial charge in [-0.25, -0.2) is 0 Å². The number of anilines is 1. The van der Waals surface area contributed by atoms with E-state index in [4.69, 9.17) is 11.6 Å². The molecule has 1 N–H and O–H groups in total. The molecular weight excluding hydrogens is 320 g/mol. The fourth-order valence-corrected chi connectivity index (χ4v) is 3.57. The van der Waals surface area contributed by atoms with E-state index in [0.717, 1.165) is 43.1 Å². The summed E-state index contributed by atoms with van der Waals surface area (Å²) < 4.78 is 0. The molecule has 124 valence electrons. The predicted molar refractivity (Wildman–Crippen MR) is 97.2 cm³/mol. The lowest BCUT2D eigenvalue weighted by molar-refractivity contribution is -0.117. The van der Waals surface area contributed by atoms with Gasteiger partial charge in [0.15, 0.2) is 0 Å². The Morgan fingerprint density at radius 1 is 1.04 bits per heavy atom. The number of rotatable bonds is 5. The van der Waals surface area contributed by atoms with Crippen LogP contribution in [0.4, 0.5) is 5.69 Å². The molecule has 3 nitrogen and oxygen atoms in total. The zero-order valence-corrected chi connectivity index (χ0v) is 14.4. The number of carbonyl (C=O) groups excluding carboxylic acids is 1. The van der Waals surface area contributed by atoms with Gasteiger partial charge in [0.1, 0.15) is 0 Å². The summed E-state index contributed by atoms with van der Waals surface area (Å²) in [5.41, 5.74) is 3.67. The summed E-state index contributed by atoms with van der Waals surface area (Å²) in [6.07, 6.45) is 3.96. The van der Waals surface area contributed by atoms with E-state index in [9.17, 15) is 4.79 Å². The zero-order valence-electron chi connectivity index (χ0n) is 13.6. The van der Waals surface area contributed by atoms with E-state index in [2.05, 4.69) is 41.7 Å². The fraction of sp³-hybridized carbons (Fsp3) is 0.350. The second kappa shape index (κ2) is 6.23. The van der Waals surface area contributed by atoms with Gasteiger partial charge in [0.25, 0.3) is 0 Å². The van der Waals surface area contributed by atoms with Crippen LogP contribution in [0.2, 0.25) is 5.02 Å². The summed E-state index contributed by atoms with van der Waals surface area (Å²) in [5, 5.41) is 4.48. The van der Waals surface area contributed by atoms with Gasteiger partial charge >= 0.3 is 0 Å². The molecule has 1 amide bonds. The van der Waals surface area contributed by atoms with Crippen LogP contribution in [0.15, 0.2) is 48.5 Å². The number of amides is 1. The third-order valence-electron chi connectivity index (χ3n) is 5.10. The average Bonchev–Trinajstić information content (AvgIpc) is 3.28. The fourth-order valence-electron chi connectivity index (χ4n) is 3.45. The van der Waals surface area contributed by atoms with Gasteiger partial charge in [0.2, 0.25) is 5.91 Å². The lowest BCUT2D eigenvalue weighted by Gasteiger charge is -2.19. The molecule has 0 aromatic heterocycles. The van der Waals surface area contributed by atoms with E-state index in [-0.39, 0.29) is 11.4 Å². The van der Waals surface area contributed by atoms with Crippen molar-refractivity contribution in [2.45, 2.75) is 37.8 Å². The summed E-state index contributed by atoms with van der Waals surface area (Å²) in [6, 6.07) is 16.5. The first-order chi connectivity index (χ1) is 11.7. The van der Waals surface area contributed by atoms with Crippen LogP contribution in [0.5, 0.6) is 0 Å². The van der Waals surface area contributed by atoms with Crippen LogP contribution in [-0.4, -0.2) is 12.5 Å². The molecule has 1 saturated heterocycles. The summed E-state index contributed by atoms with van der Waals surface area (Å²) in [7, 11) is 0. The summed E-state index contributed by atoms with van der Waals surface area (Å²) in [5.74, 6) is 0.237. The van der Waals surface area contributed by atoms with Crippen LogP contribution in [0.25, 0.3) is 0 Å². The Balaban J connectivity index is 1.41. The van der Waals surface area contributed by atoms with Crippen molar-refractivity contribution < 1.29 is 4.79 Å². The molecular formula is C20H21ClN2O. The summed E-state index contributed by atoms with van der Waals surface area (Å²) in [6.45, 7) is 1.67. The molecule has 1 heterocycles. The molecule has 4 rings (SSSR count). The highest BCUT2D eigenvalue weighted by atomic mass is 35.5. The Morgan fingerprint density at radius 2 is 1.75 bits per heavy atom. The van der Waals surface area contributed by atoms with Crippen LogP contribution in [0.1, 0.15) is 36.8 Å². The highest BCUT2D eigenvalue weighted by Gasteiger charge is 2.43. The van der Waals surface area contributed by atoms with Gasteiger partial charge in [-0.15, -0.1) is 0 Å². The Labute approximate surface area is 147 Å². The van der Waals surface area contributed by atoms with Crippen molar-refractivity contribution in [2.24, 2.45) is 0 Å². The Morgan fingerprint density at radius 3 is 2.33 bits per heavy atom. The first-order valence-electron chi connectivity index (χ1n) is 8.57. The highest BCUT2D eigenvalue weighted by Crippen LogP contribution is 2.45. The molecule has 1 aliphatic carbocycles. The van der Waals surface area contributed by atoms with Gasteiger partial charge in [-0.2, -0.15) is 0 Å². The van der Waals surface area contributed by atoms with Gasteiger partial charge in [-0.05, 0) is 54.7 Å². The first-order valence-corrected chi connectivity index (χ1v) is 8.95. The van der Waals surface area contributed by atoms with Crippen molar-refractivity contribution in [2.75, 3.05) is 11.4 Å². The van der Waals surface area contributed by atoms with Gasteiger partial charge in [0.05, 0.1) is 0 Å². The number of hydrogen-bond donors (Lipinski definition) is 1. The molecule has 0 bridgehead atoms. The van der Waals surface area contributed by atoms with Crippen molar-refractivity contribution in [1.82, 2.24) is 5.32 Å². The normalized spacial score (nSPS) is 18.9. The molecule has 2 aromatic carbocycles. The van der Waals surface area contributed by atoms with Crippen LogP contribution in [0.3, 0.4) is 0 Å². The van der Waals surface area contributed by atoms with Gasteiger partial charge in [-0.3, -0.25) is 4.79 Å².